The van der Waals surface area contributed by atoms with E-state index in [2.05, 4.69) is 11.6 Å². The second kappa shape index (κ2) is 5.82. The molecule has 0 radical (unpaired) electrons. The minimum atomic E-state index is -0.464. The first kappa shape index (κ1) is 12.8. The van der Waals surface area contributed by atoms with Crippen molar-refractivity contribution in [3.05, 3.63) is 35.4 Å². The van der Waals surface area contributed by atoms with Crippen molar-refractivity contribution in [2.75, 3.05) is 5.73 Å². The van der Waals surface area contributed by atoms with Gasteiger partial charge in [-0.15, -0.1) is 0 Å². The van der Waals surface area contributed by atoms with Gasteiger partial charge in [0.1, 0.15) is 5.82 Å². The van der Waals surface area contributed by atoms with Gasteiger partial charge in [0.2, 0.25) is 0 Å². The lowest BCUT2D eigenvalue weighted by molar-refractivity contribution is -0.0437. The Bertz CT molecular complexity index is 464. The molecule has 1 aromatic rings. The first-order valence-electron chi connectivity index (χ1n) is 6.33. The van der Waals surface area contributed by atoms with E-state index < -0.39 is 11.9 Å². The highest BCUT2D eigenvalue weighted by Gasteiger charge is 2.19. The van der Waals surface area contributed by atoms with Crippen LogP contribution in [-0.2, 0) is 4.74 Å². The summed E-state index contributed by atoms with van der Waals surface area (Å²) in [6, 6.07) is 1.59. The smallest absolute Gasteiger partial charge is 0.351 e. The second-order valence-corrected chi connectivity index (χ2v) is 4.56. The third-order valence-corrected chi connectivity index (χ3v) is 3.21. The van der Waals surface area contributed by atoms with Gasteiger partial charge in [-0.25, -0.2) is 4.79 Å². The number of hydrogen-bond acceptors (Lipinski definition) is 4. The number of anilines is 1. The van der Waals surface area contributed by atoms with Gasteiger partial charge in [0.15, 0.2) is 6.23 Å². The molecule has 2 N–H and O–H groups in total. The fourth-order valence-corrected chi connectivity index (χ4v) is 2.25. The Labute approximate surface area is 106 Å². The minimum absolute atomic E-state index is 0.200. The minimum Gasteiger partial charge on any atom is -0.383 e. The molecule has 1 aromatic heterocycles. The largest absolute Gasteiger partial charge is 0.383 e. The van der Waals surface area contributed by atoms with Crippen molar-refractivity contribution in [3.8, 4) is 0 Å². The van der Waals surface area contributed by atoms with Gasteiger partial charge in [0.25, 0.3) is 0 Å². The van der Waals surface area contributed by atoms with E-state index in [4.69, 9.17) is 10.5 Å². The van der Waals surface area contributed by atoms with E-state index in [0.717, 1.165) is 12.8 Å². The van der Waals surface area contributed by atoms with Gasteiger partial charge in [0.05, 0.1) is 6.10 Å². The molecule has 0 bridgehead atoms. The van der Waals surface area contributed by atoms with Crippen LogP contribution >= 0.6 is 0 Å². The Balaban J connectivity index is 2.12. The number of rotatable bonds is 4. The number of aromatic nitrogens is 2. The number of ether oxygens (including phenoxy) is 1. The highest BCUT2D eigenvalue weighted by atomic mass is 16.5. The van der Waals surface area contributed by atoms with E-state index in [9.17, 15) is 4.79 Å². The molecule has 1 fully saturated rings. The summed E-state index contributed by atoms with van der Waals surface area (Å²) in [7, 11) is 0. The summed E-state index contributed by atoms with van der Waals surface area (Å²) >= 11 is 0. The van der Waals surface area contributed by atoms with Crippen molar-refractivity contribution >= 4 is 5.82 Å². The molecule has 0 aliphatic heterocycles. The predicted octanol–water partition coefficient (Wildman–Crippen LogP) is 1.86. The van der Waals surface area contributed by atoms with E-state index in [1.165, 1.54) is 23.8 Å². The van der Waals surface area contributed by atoms with E-state index in [-0.39, 0.29) is 11.9 Å². The summed E-state index contributed by atoms with van der Waals surface area (Å²) < 4.78 is 7.33. The molecule has 0 amide bonds. The molecule has 0 saturated heterocycles. The van der Waals surface area contributed by atoms with Crippen LogP contribution < -0.4 is 11.4 Å². The molecule has 5 nitrogen and oxygen atoms in total. The van der Waals surface area contributed by atoms with Gasteiger partial charge in [-0.2, -0.15) is 4.98 Å². The molecule has 1 aliphatic rings. The Morgan fingerprint density at radius 3 is 2.83 bits per heavy atom. The molecule has 1 atom stereocenters. The molecular formula is C13H19N3O2. The maximum absolute atomic E-state index is 11.7. The summed E-state index contributed by atoms with van der Waals surface area (Å²) in [6.45, 7) is 3.72. The number of nitrogen functional groups attached to an aromatic ring is 1. The molecule has 98 valence electrons. The molecule has 0 unspecified atom stereocenters. The maximum Gasteiger partial charge on any atom is 0.351 e. The Kier molecular flexibility index (Phi) is 4.15. The van der Waals surface area contributed by atoms with Crippen LogP contribution in [0.5, 0.6) is 0 Å². The van der Waals surface area contributed by atoms with Crippen molar-refractivity contribution in [1.29, 1.82) is 0 Å². The molecule has 18 heavy (non-hydrogen) atoms. The van der Waals surface area contributed by atoms with Gasteiger partial charge < -0.3 is 10.5 Å². The van der Waals surface area contributed by atoms with Crippen molar-refractivity contribution in [3.63, 3.8) is 0 Å². The van der Waals surface area contributed by atoms with Crippen LogP contribution in [0, 0.1) is 0 Å². The van der Waals surface area contributed by atoms with Gasteiger partial charge in [0, 0.05) is 6.20 Å². The Morgan fingerprint density at radius 1 is 1.50 bits per heavy atom. The fraction of sp³-hybridized carbons (Fsp3) is 0.538. The van der Waals surface area contributed by atoms with E-state index >= 15 is 0 Å². The third-order valence-electron chi connectivity index (χ3n) is 3.21. The average molecular weight is 249 g/mol. The number of nitrogens with two attached hydrogens (primary N) is 1. The lowest BCUT2D eigenvalue weighted by atomic mass is 9.98. The van der Waals surface area contributed by atoms with Crippen LogP contribution in [0.2, 0.25) is 0 Å². The van der Waals surface area contributed by atoms with Crippen molar-refractivity contribution in [1.82, 2.24) is 9.55 Å². The molecule has 1 heterocycles. The highest BCUT2D eigenvalue weighted by molar-refractivity contribution is 5.23. The number of nitrogens with zero attached hydrogens (tertiary/aromatic N) is 2. The number of hydrogen-bond donors (Lipinski definition) is 1. The molecule has 2 rings (SSSR count). The summed E-state index contributed by atoms with van der Waals surface area (Å²) in [6.07, 6.45) is 8.67. The van der Waals surface area contributed by atoms with Gasteiger partial charge in [-0.1, -0.05) is 25.8 Å². The van der Waals surface area contributed by atoms with Crippen LogP contribution in [0.15, 0.2) is 29.7 Å². The van der Waals surface area contributed by atoms with Gasteiger partial charge in [-0.05, 0) is 25.0 Å². The molecule has 5 heteroatoms. The van der Waals surface area contributed by atoms with Gasteiger partial charge in [-0.3, -0.25) is 4.57 Å². The van der Waals surface area contributed by atoms with Crippen LogP contribution in [0.3, 0.4) is 0 Å². The predicted molar refractivity (Wildman–Crippen MR) is 70.1 cm³/mol. The molecule has 0 spiro atoms. The molecule has 0 aromatic carbocycles. The maximum atomic E-state index is 11.7. The third kappa shape index (κ3) is 2.98. The average Bonchev–Trinajstić information content (AvgIpc) is 2.38. The normalized spacial score (nSPS) is 18.4. The molecular weight excluding hydrogens is 230 g/mol. The topological polar surface area (TPSA) is 70.1 Å². The van der Waals surface area contributed by atoms with E-state index in [1.807, 2.05) is 0 Å². The van der Waals surface area contributed by atoms with Crippen molar-refractivity contribution in [2.24, 2.45) is 0 Å². The van der Waals surface area contributed by atoms with E-state index in [0.29, 0.717) is 0 Å². The summed E-state index contributed by atoms with van der Waals surface area (Å²) in [5.41, 5.74) is 5.06. The standard InChI is InChI=1S/C13H19N3O2/c1-2-12(18-10-6-4-3-5-7-10)16-9-8-11(14)15-13(16)17/h2,8-10,12H,1,3-7H2,(H2,14,15,17)/t12-/m0/s1. The molecule has 1 saturated carbocycles. The second-order valence-electron chi connectivity index (χ2n) is 4.56. The Morgan fingerprint density at radius 2 is 2.22 bits per heavy atom. The zero-order valence-corrected chi connectivity index (χ0v) is 10.4. The first-order valence-corrected chi connectivity index (χ1v) is 6.33. The van der Waals surface area contributed by atoms with Crippen molar-refractivity contribution < 1.29 is 4.74 Å². The van der Waals surface area contributed by atoms with Gasteiger partial charge >= 0.3 is 5.69 Å². The molecule has 1 aliphatic carbocycles. The van der Waals surface area contributed by atoms with E-state index in [1.54, 1.807) is 18.3 Å². The lowest BCUT2D eigenvalue weighted by Gasteiger charge is -2.26. The summed E-state index contributed by atoms with van der Waals surface area (Å²) in [5.74, 6) is 0.219. The highest BCUT2D eigenvalue weighted by Crippen LogP contribution is 2.24. The van der Waals surface area contributed by atoms with Crippen LogP contribution in [0.4, 0.5) is 5.82 Å². The van der Waals surface area contributed by atoms with Crippen LogP contribution in [0.1, 0.15) is 38.3 Å². The van der Waals surface area contributed by atoms with Crippen LogP contribution in [0.25, 0.3) is 0 Å². The fourth-order valence-electron chi connectivity index (χ4n) is 2.25. The van der Waals surface area contributed by atoms with Crippen LogP contribution in [-0.4, -0.2) is 15.7 Å². The van der Waals surface area contributed by atoms with Crippen molar-refractivity contribution in [2.45, 2.75) is 44.4 Å². The lowest BCUT2D eigenvalue weighted by Crippen LogP contribution is -2.30. The monoisotopic (exact) mass is 249 g/mol. The summed E-state index contributed by atoms with van der Waals surface area (Å²) in [4.78, 5) is 15.4. The SMILES string of the molecule is C=C[C@H](OC1CCCCC1)n1ccc(N)nc1=O. The summed E-state index contributed by atoms with van der Waals surface area (Å²) in [5, 5.41) is 0. The zero-order chi connectivity index (χ0) is 13.0. The first-order chi connectivity index (χ1) is 8.70. The quantitative estimate of drug-likeness (QED) is 0.827. The Hall–Kier alpha value is -1.62. The zero-order valence-electron chi connectivity index (χ0n) is 10.4.